The summed E-state index contributed by atoms with van der Waals surface area (Å²) < 4.78 is 12.1. The number of aliphatic hydroxyl groups is 4. The molecule has 9 nitrogen and oxygen atoms in total. The maximum absolute atomic E-state index is 14.6. The molecule has 6 aliphatic rings. The molecule has 0 unspecified atom stereocenters. The summed E-state index contributed by atoms with van der Waals surface area (Å²) in [4.78, 5) is 27.0. The van der Waals surface area contributed by atoms with Crippen LogP contribution in [0, 0.1) is 50.2 Å². The first kappa shape index (κ1) is 33.5. The Morgan fingerprint density at radius 1 is 0.911 bits per heavy atom. The first-order valence-electron chi connectivity index (χ1n) is 17.2. The summed E-state index contributed by atoms with van der Waals surface area (Å²) in [5, 5.41) is 51.2. The van der Waals surface area contributed by atoms with Gasteiger partial charge in [-0.3, -0.25) is 9.59 Å². The number of carbonyl (C=O) groups is 2. The van der Waals surface area contributed by atoms with E-state index >= 15 is 0 Å². The van der Waals surface area contributed by atoms with Crippen LogP contribution in [0.2, 0.25) is 0 Å². The molecule has 5 fully saturated rings. The lowest BCUT2D eigenvalue weighted by molar-refractivity contribution is -0.329. The molecule has 45 heavy (non-hydrogen) atoms. The summed E-state index contributed by atoms with van der Waals surface area (Å²) in [6.45, 7) is 15.0. The topological polar surface area (TPSA) is 154 Å². The number of ether oxygens (including phenoxy) is 2. The third kappa shape index (κ3) is 4.53. The zero-order valence-corrected chi connectivity index (χ0v) is 28.2. The van der Waals surface area contributed by atoms with Gasteiger partial charge in [0.05, 0.1) is 18.1 Å². The van der Waals surface area contributed by atoms with Gasteiger partial charge in [0.2, 0.25) is 0 Å². The number of hydrogen-bond acceptors (Lipinski definition) is 8. The quantitative estimate of drug-likeness (QED) is 0.287. The number of carbonyl (C=O) groups excluding carboxylic acids is 1. The van der Waals surface area contributed by atoms with E-state index in [1.807, 2.05) is 13.0 Å². The van der Waals surface area contributed by atoms with E-state index in [9.17, 15) is 35.1 Å². The molecule has 0 bridgehead atoms. The van der Waals surface area contributed by atoms with Gasteiger partial charge in [-0.1, -0.05) is 47.1 Å². The van der Waals surface area contributed by atoms with Crippen LogP contribution in [0.1, 0.15) is 106 Å². The van der Waals surface area contributed by atoms with Crippen LogP contribution in [0.15, 0.2) is 11.6 Å². The van der Waals surface area contributed by atoms with Crippen LogP contribution in [0.25, 0.3) is 0 Å². The molecule has 254 valence electrons. The number of allylic oxidation sites excluding steroid dienone is 2. The van der Waals surface area contributed by atoms with E-state index in [0.29, 0.717) is 19.3 Å². The van der Waals surface area contributed by atoms with Gasteiger partial charge in [-0.15, -0.1) is 0 Å². The molecule has 1 aliphatic heterocycles. The molecular formula is C36H56O9. The molecule has 5 N–H and O–H groups in total. The van der Waals surface area contributed by atoms with Gasteiger partial charge in [-0.2, -0.15) is 0 Å². The summed E-state index contributed by atoms with van der Waals surface area (Å²) >= 11 is 0. The van der Waals surface area contributed by atoms with Gasteiger partial charge in [0.25, 0.3) is 0 Å². The Labute approximate surface area is 267 Å². The number of hydrogen-bond donors (Lipinski definition) is 5. The van der Waals surface area contributed by atoms with Crippen molar-refractivity contribution >= 4 is 11.8 Å². The Morgan fingerprint density at radius 3 is 2.22 bits per heavy atom. The number of aliphatic carboxylic acids is 1. The fourth-order valence-electron chi connectivity index (χ4n) is 11.9. The second kappa shape index (κ2) is 10.6. The number of carboxylic acid groups (broad SMARTS) is 1. The third-order valence-electron chi connectivity index (χ3n) is 15.2. The molecule has 0 aromatic heterocycles. The number of carboxylic acids is 1. The molecular weight excluding hydrogens is 576 g/mol. The highest BCUT2D eigenvalue weighted by Gasteiger charge is 2.70. The van der Waals surface area contributed by atoms with Crippen LogP contribution in [-0.4, -0.2) is 80.7 Å². The normalized spacial score (nSPS) is 54.2. The van der Waals surface area contributed by atoms with Crippen LogP contribution < -0.4 is 0 Å². The standard InChI is InChI=1S/C36H56O9/c1-31(2)23-8-11-36(7)28(34(23,5)10-9-24(31)45-29-27(41)26(40)25(39)22(18-37)44-29)21(38)16-19-20-17-33(4,30(42)43)13-12-32(20,3)14-15-35(19,36)6/h16,20,22-29,37,39-41H,8-15,17-18H2,1-7H3,(H,42,43)/t20-,22+,23-,24-,25+,26-,27+,28+,29-,32+,33-,34-,35+,36+/m0/s1. The van der Waals surface area contributed by atoms with E-state index in [0.717, 1.165) is 38.5 Å². The largest absolute Gasteiger partial charge is 0.481 e. The highest BCUT2D eigenvalue weighted by Crippen LogP contribution is 2.75. The molecule has 9 heteroatoms. The van der Waals surface area contributed by atoms with Crippen molar-refractivity contribution < 1.29 is 44.6 Å². The molecule has 0 spiro atoms. The first-order valence-corrected chi connectivity index (χ1v) is 17.2. The third-order valence-corrected chi connectivity index (χ3v) is 15.2. The van der Waals surface area contributed by atoms with E-state index in [2.05, 4.69) is 41.5 Å². The lowest BCUT2D eigenvalue weighted by Crippen LogP contribution is -2.67. The second-order valence-corrected chi connectivity index (χ2v) is 17.7. The van der Waals surface area contributed by atoms with Crippen molar-refractivity contribution in [1.82, 2.24) is 0 Å². The predicted molar refractivity (Wildman–Crippen MR) is 166 cm³/mol. The van der Waals surface area contributed by atoms with E-state index in [-0.39, 0.29) is 51.3 Å². The highest BCUT2D eigenvalue weighted by molar-refractivity contribution is 5.95. The zero-order chi connectivity index (χ0) is 33.1. The van der Waals surface area contributed by atoms with Crippen molar-refractivity contribution in [2.24, 2.45) is 50.2 Å². The number of ketones is 1. The van der Waals surface area contributed by atoms with Gasteiger partial charge in [0.1, 0.15) is 24.4 Å². The van der Waals surface area contributed by atoms with Gasteiger partial charge in [-0.05, 0) is 110 Å². The van der Waals surface area contributed by atoms with Crippen molar-refractivity contribution in [2.75, 3.05) is 6.61 Å². The lowest BCUT2D eigenvalue weighted by atomic mass is 9.33. The summed E-state index contributed by atoms with van der Waals surface area (Å²) in [6.07, 6.45) is 2.39. The Balaban J connectivity index is 1.31. The van der Waals surface area contributed by atoms with Gasteiger partial charge < -0.3 is 35.0 Å². The molecule has 0 radical (unpaired) electrons. The summed E-state index contributed by atoms with van der Waals surface area (Å²) in [6, 6.07) is 0. The average Bonchev–Trinajstić information content (AvgIpc) is 2.96. The zero-order valence-electron chi connectivity index (χ0n) is 28.2. The number of fused-ring (bicyclic) bond motifs is 7. The van der Waals surface area contributed by atoms with Crippen LogP contribution in [0.3, 0.4) is 0 Å². The maximum Gasteiger partial charge on any atom is 0.309 e. The van der Waals surface area contributed by atoms with Crippen molar-refractivity contribution in [1.29, 1.82) is 0 Å². The van der Waals surface area contributed by atoms with E-state index in [1.165, 1.54) is 5.57 Å². The van der Waals surface area contributed by atoms with Crippen molar-refractivity contribution in [3.63, 3.8) is 0 Å². The summed E-state index contributed by atoms with van der Waals surface area (Å²) in [5.41, 5.74) is -0.725. The minimum atomic E-state index is -1.50. The predicted octanol–water partition coefficient (Wildman–Crippen LogP) is 4.24. The van der Waals surface area contributed by atoms with Crippen molar-refractivity contribution in [3.8, 4) is 0 Å². The summed E-state index contributed by atoms with van der Waals surface area (Å²) in [7, 11) is 0. The minimum absolute atomic E-state index is 0.00663. The van der Waals surface area contributed by atoms with Crippen molar-refractivity contribution in [3.05, 3.63) is 11.6 Å². The molecule has 0 amide bonds. The molecule has 0 aromatic carbocycles. The molecule has 4 saturated carbocycles. The smallest absolute Gasteiger partial charge is 0.309 e. The van der Waals surface area contributed by atoms with E-state index < -0.39 is 54.1 Å². The molecule has 14 atom stereocenters. The number of aliphatic hydroxyl groups excluding tert-OH is 4. The Hall–Kier alpha value is -1.36. The molecule has 6 rings (SSSR count). The van der Waals surface area contributed by atoms with Crippen LogP contribution in [0.5, 0.6) is 0 Å². The highest BCUT2D eigenvalue weighted by atomic mass is 16.7. The average molecular weight is 633 g/mol. The van der Waals surface area contributed by atoms with Gasteiger partial charge in [0.15, 0.2) is 12.1 Å². The lowest BCUT2D eigenvalue weighted by Gasteiger charge is -2.70. The van der Waals surface area contributed by atoms with Gasteiger partial charge in [0, 0.05) is 5.92 Å². The SMILES string of the molecule is CC1(C)[C@@H](O[C@@H]2O[C@H](CO)[C@@H](O)[C@H](O)[C@H]2O)CC[C@]2(C)[C@H]3C(=O)C=C4[C@@H]5C[C@@](C)(C(=O)O)CC[C@]5(C)CC[C@@]4(C)[C@]3(C)CC[C@@H]12. The molecule has 0 aromatic rings. The van der Waals surface area contributed by atoms with Gasteiger partial charge >= 0.3 is 5.97 Å². The van der Waals surface area contributed by atoms with Crippen molar-refractivity contribution in [2.45, 2.75) is 143 Å². The van der Waals surface area contributed by atoms with Crippen LogP contribution in [-0.2, 0) is 19.1 Å². The minimum Gasteiger partial charge on any atom is -0.481 e. The van der Waals surface area contributed by atoms with E-state index in [1.54, 1.807) is 0 Å². The van der Waals surface area contributed by atoms with Gasteiger partial charge in [-0.25, -0.2) is 0 Å². The Morgan fingerprint density at radius 2 is 1.58 bits per heavy atom. The first-order chi connectivity index (χ1) is 20.8. The Kier molecular flexibility index (Phi) is 7.88. The van der Waals surface area contributed by atoms with Crippen LogP contribution >= 0.6 is 0 Å². The van der Waals surface area contributed by atoms with Crippen LogP contribution in [0.4, 0.5) is 0 Å². The maximum atomic E-state index is 14.6. The summed E-state index contributed by atoms with van der Waals surface area (Å²) in [5.74, 6) is -0.496. The fourth-order valence-corrected chi connectivity index (χ4v) is 11.9. The molecule has 1 saturated heterocycles. The second-order valence-electron chi connectivity index (χ2n) is 17.7. The number of rotatable bonds is 4. The monoisotopic (exact) mass is 632 g/mol. The van der Waals surface area contributed by atoms with E-state index in [4.69, 9.17) is 9.47 Å². The fraction of sp³-hybridized carbons (Fsp3) is 0.889. The molecule has 1 heterocycles. The molecule has 5 aliphatic carbocycles. The Bertz CT molecular complexity index is 1260.